The molecule has 242 valence electrons. The van der Waals surface area contributed by atoms with Gasteiger partial charge in [0.05, 0.1) is 10.6 Å². The van der Waals surface area contributed by atoms with Crippen LogP contribution in [0.25, 0.3) is 0 Å². The number of hydrogen-bond donors (Lipinski definition) is 1. The highest BCUT2D eigenvalue weighted by atomic mass is 35.5. The van der Waals surface area contributed by atoms with E-state index in [1.165, 1.54) is 29.2 Å². The van der Waals surface area contributed by atoms with Gasteiger partial charge in [-0.25, -0.2) is 8.42 Å². The van der Waals surface area contributed by atoms with Gasteiger partial charge in [-0.2, -0.15) is 0 Å². The molecule has 0 aromatic heterocycles. The Bertz CT molecular complexity index is 1790. The minimum absolute atomic E-state index is 0.0356. The first-order valence-corrected chi connectivity index (χ1v) is 17.2. The molecule has 0 aliphatic carbocycles. The molecule has 1 atom stereocenters. The zero-order chi connectivity index (χ0) is 33.6. The molecule has 4 aromatic rings. The fourth-order valence-electron chi connectivity index (χ4n) is 4.93. The number of halogens is 3. The molecular weight excluding hydrogens is 665 g/mol. The van der Waals surface area contributed by atoms with Crippen LogP contribution in [0.5, 0.6) is 0 Å². The second kappa shape index (κ2) is 14.9. The van der Waals surface area contributed by atoms with Crippen LogP contribution in [0.2, 0.25) is 15.1 Å². The highest BCUT2D eigenvalue weighted by molar-refractivity contribution is 7.92. The Balaban J connectivity index is 1.85. The maximum Gasteiger partial charge on any atom is 0.264 e. The third kappa shape index (κ3) is 9.04. The Morgan fingerprint density at radius 3 is 2.04 bits per heavy atom. The van der Waals surface area contributed by atoms with Crippen LogP contribution in [0.3, 0.4) is 0 Å². The largest absolute Gasteiger partial charge is 0.350 e. The number of nitrogens with zero attached hydrogens (tertiary/aromatic N) is 2. The molecule has 0 saturated heterocycles. The maximum atomic E-state index is 14.6. The summed E-state index contributed by atoms with van der Waals surface area (Å²) in [5.41, 5.74) is 1.73. The van der Waals surface area contributed by atoms with Crippen molar-refractivity contribution in [3.63, 3.8) is 0 Å². The van der Waals surface area contributed by atoms with Crippen LogP contribution in [0.15, 0.2) is 102 Å². The van der Waals surface area contributed by atoms with Crippen molar-refractivity contribution in [3.05, 3.63) is 129 Å². The van der Waals surface area contributed by atoms with Gasteiger partial charge >= 0.3 is 0 Å². The summed E-state index contributed by atoms with van der Waals surface area (Å²) in [5, 5.41) is 4.11. The SMILES string of the molecule is Cc1ccccc1N(CC(=O)N(Cc1ccc(Cl)cc1Cl)[C@H](Cc1ccccc1)C(=O)NC(C)(C)C)S(=O)(=O)c1ccc(Cl)cc1. The lowest BCUT2D eigenvalue weighted by Gasteiger charge is -2.35. The molecule has 2 amide bonds. The highest BCUT2D eigenvalue weighted by Gasteiger charge is 2.36. The summed E-state index contributed by atoms with van der Waals surface area (Å²) < 4.78 is 29.4. The van der Waals surface area contributed by atoms with Crippen molar-refractivity contribution < 1.29 is 18.0 Å². The van der Waals surface area contributed by atoms with E-state index in [1.807, 2.05) is 51.1 Å². The Hall–Kier alpha value is -3.56. The van der Waals surface area contributed by atoms with Crippen LogP contribution in [0, 0.1) is 6.92 Å². The van der Waals surface area contributed by atoms with Gasteiger partial charge < -0.3 is 10.2 Å². The Labute approximate surface area is 286 Å². The minimum Gasteiger partial charge on any atom is -0.350 e. The van der Waals surface area contributed by atoms with E-state index in [9.17, 15) is 18.0 Å². The highest BCUT2D eigenvalue weighted by Crippen LogP contribution is 2.29. The molecule has 4 aromatic carbocycles. The van der Waals surface area contributed by atoms with E-state index in [0.29, 0.717) is 31.9 Å². The van der Waals surface area contributed by atoms with Crippen molar-refractivity contribution in [2.75, 3.05) is 10.8 Å². The number of aryl methyl sites for hydroxylation is 1. The van der Waals surface area contributed by atoms with Gasteiger partial charge in [-0.1, -0.05) is 89.4 Å². The van der Waals surface area contributed by atoms with E-state index in [0.717, 1.165) is 9.87 Å². The topological polar surface area (TPSA) is 86.8 Å². The van der Waals surface area contributed by atoms with Crippen molar-refractivity contribution in [2.45, 2.75) is 57.1 Å². The number of carbonyl (C=O) groups is 2. The second-order valence-corrected chi connectivity index (χ2v) is 15.1. The molecule has 0 saturated carbocycles. The minimum atomic E-state index is -4.26. The van der Waals surface area contributed by atoms with Gasteiger partial charge in [-0.3, -0.25) is 13.9 Å². The van der Waals surface area contributed by atoms with E-state index in [4.69, 9.17) is 34.8 Å². The molecule has 0 unspecified atom stereocenters. The summed E-state index contributed by atoms with van der Waals surface area (Å²) in [6, 6.07) is 25.9. The molecule has 7 nitrogen and oxygen atoms in total. The fourth-order valence-corrected chi connectivity index (χ4v) is 7.00. The van der Waals surface area contributed by atoms with Gasteiger partial charge in [0.1, 0.15) is 12.6 Å². The molecule has 0 heterocycles. The lowest BCUT2D eigenvalue weighted by molar-refractivity contribution is -0.140. The van der Waals surface area contributed by atoms with Gasteiger partial charge in [0, 0.05) is 33.6 Å². The quantitative estimate of drug-likeness (QED) is 0.174. The zero-order valence-electron chi connectivity index (χ0n) is 26.0. The molecule has 0 aliphatic heterocycles. The Morgan fingerprint density at radius 1 is 0.826 bits per heavy atom. The van der Waals surface area contributed by atoms with Gasteiger partial charge in [0.2, 0.25) is 11.8 Å². The van der Waals surface area contributed by atoms with Crippen molar-refractivity contribution in [1.82, 2.24) is 10.2 Å². The summed E-state index contributed by atoms with van der Waals surface area (Å²) in [6.07, 6.45) is 0.175. The Morgan fingerprint density at radius 2 is 1.43 bits per heavy atom. The first kappa shape index (κ1) is 35.3. The molecule has 0 bridgehead atoms. The second-order valence-electron chi connectivity index (χ2n) is 12.0. The lowest BCUT2D eigenvalue weighted by atomic mass is 10.0. The molecule has 1 N–H and O–H groups in total. The summed E-state index contributed by atoms with van der Waals surface area (Å²) in [4.78, 5) is 30.0. The molecule has 4 rings (SSSR count). The fraction of sp³-hybridized carbons (Fsp3) is 0.257. The Kier molecular flexibility index (Phi) is 11.4. The monoisotopic (exact) mass is 699 g/mol. The lowest BCUT2D eigenvalue weighted by Crippen LogP contribution is -2.56. The van der Waals surface area contributed by atoms with Crippen LogP contribution < -0.4 is 9.62 Å². The molecule has 46 heavy (non-hydrogen) atoms. The number of para-hydroxylation sites is 1. The first-order chi connectivity index (χ1) is 21.7. The van der Waals surface area contributed by atoms with Crippen molar-refractivity contribution in [3.8, 4) is 0 Å². The number of rotatable bonds is 11. The molecular formula is C35H36Cl3N3O4S. The standard InChI is InChI=1S/C35H36Cl3N3O4S/c1-24-10-8-9-13-31(24)41(46(44,45)29-18-16-27(36)17-19-29)23-33(42)40(22-26-14-15-28(37)21-30(26)38)32(34(43)39-35(2,3)4)20-25-11-6-5-7-12-25/h5-19,21,32H,20,22-23H2,1-4H3,(H,39,43)/t32-/m1/s1. The average Bonchev–Trinajstić information content (AvgIpc) is 2.99. The predicted octanol–water partition coefficient (Wildman–Crippen LogP) is 7.71. The third-order valence-electron chi connectivity index (χ3n) is 7.19. The molecule has 0 aliphatic rings. The maximum absolute atomic E-state index is 14.6. The number of anilines is 1. The van der Waals surface area contributed by atoms with Crippen LogP contribution in [-0.4, -0.2) is 43.3 Å². The van der Waals surface area contributed by atoms with Gasteiger partial charge in [0.25, 0.3) is 10.0 Å². The zero-order valence-corrected chi connectivity index (χ0v) is 29.1. The van der Waals surface area contributed by atoms with E-state index in [1.54, 1.807) is 49.4 Å². The molecule has 0 spiro atoms. The summed E-state index contributed by atoms with van der Waals surface area (Å²) in [6.45, 7) is 6.66. The number of nitrogens with one attached hydrogen (secondary N) is 1. The number of sulfonamides is 1. The van der Waals surface area contributed by atoms with Crippen molar-refractivity contribution >= 4 is 62.3 Å². The summed E-state index contributed by atoms with van der Waals surface area (Å²) in [5.74, 6) is -0.991. The van der Waals surface area contributed by atoms with Crippen molar-refractivity contribution in [2.24, 2.45) is 0 Å². The van der Waals surface area contributed by atoms with Gasteiger partial charge in [-0.05, 0) is 86.8 Å². The molecule has 0 radical (unpaired) electrons. The number of amides is 2. The number of carbonyl (C=O) groups excluding carboxylic acids is 2. The van der Waals surface area contributed by atoms with Gasteiger partial charge in [0.15, 0.2) is 0 Å². The molecule has 11 heteroatoms. The third-order valence-corrected chi connectivity index (χ3v) is 9.80. The number of benzene rings is 4. The first-order valence-electron chi connectivity index (χ1n) is 14.6. The van der Waals surface area contributed by atoms with E-state index < -0.39 is 40.0 Å². The van der Waals surface area contributed by atoms with Crippen LogP contribution in [0.4, 0.5) is 5.69 Å². The summed E-state index contributed by atoms with van der Waals surface area (Å²) in [7, 11) is -4.26. The number of hydrogen-bond acceptors (Lipinski definition) is 4. The van der Waals surface area contributed by atoms with Crippen LogP contribution in [-0.2, 0) is 32.6 Å². The van der Waals surface area contributed by atoms with E-state index in [2.05, 4.69) is 5.32 Å². The van der Waals surface area contributed by atoms with Gasteiger partial charge in [-0.15, -0.1) is 0 Å². The normalized spacial score (nSPS) is 12.3. The summed E-state index contributed by atoms with van der Waals surface area (Å²) >= 11 is 18.8. The van der Waals surface area contributed by atoms with Crippen LogP contribution >= 0.6 is 34.8 Å². The smallest absolute Gasteiger partial charge is 0.264 e. The van der Waals surface area contributed by atoms with Crippen LogP contribution in [0.1, 0.15) is 37.5 Å². The van der Waals surface area contributed by atoms with E-state index in [-0.39, 0.29) is 17.9 Å². The van der Waals surface area contributed by atoms with Crippen molar-refractivity contribution in [1.29, 1.82) is 0 Å². The average molecular weight is 701 g/mol. The predicted molar refractivity (Wildman–Crippen MR) is 186 cm³/mol. The molecule has 0 fully saturated rings. The van der Waals surface area contributed by atoms with E-state index >= 15 is 0 Å².